The third-order valence-corrected chi connectivity index (χ3v) is 1.42. The molecule has 0 bridgehead atoms. The molecule has 0 aliphatic carbocycles. The van der Waals surface area contributed by atoms with Gasteiger partial charge in [0.2, 0.25) is 5.91 Å². The molecule has 2 N–H and O–H groups in total. The summed E-state index contributed by atoms with van der Waals surface area (Å²) in [6.45, 7) is 0. The minimum Gasteiger partial charge on any atom is -0.366 e. The van der Waals surface area contributed by atoms with Gasteiger partial charge in [-0.05, 0) is 6.07 Å². The van der Waals surface area contributed by atoms with E-state index < -0.39 is 5.91 Å². The van der Waals surface area contributed by atoms with Gasteiger partial charge >= 0.3 is 0 Å². The Morgan fingerprint density at radius 1 is 1.70 bits per heavy atom. The van der Waals surface area contributed by atoms with Gasteiger partial charge in [-0.3, -0.25) is 9.78 Å². The Bertz CT molecular complexity index is 262. The third kappa shape index (κ3) is 1.27. The highest BCUT2D eigenvalue weighted by atomic mass is 32.1. The molecule has 0 fully saturated rings. The molecule has 0 unspecified atom stereocenters. The molecule has 0 atom stereocenters. The number of primary amides is 1. The number of hydrogen-bond acceptors (Lipinski definition) is 3. The average molecular weight is 154 g/mol. The lowest BCUT2D eigenvalue weighted by atomic mass is 10.2. The van der Waals surface area contributed by atoms with Crippen LogP contribution in [0.4, 0.5) is 0 Å². The summed E-state index contributed by atoms with van der Waals surface area (Å²) in [6.07, 6.45) is 2.98. The van der Waals surface area contributed by atoms with Crippen LogP contribution in [-0.4, -0.2) is 10.9 Å². The highest BCUT2D eigenvalue weighted by Gasteiger charge is 2.02. The summed E-state index contributed by atoms with van der Waals surface area (Å²) in [7, 11) is 0. The van der Waals surface area contributed by atoms with Gasteiger partial charge in [-0.15, -0.1) is 12.6 Å². The van der Waals surface area contributed by atoms with Crippen molar-refractivity contribution >= 4 is 18.5 Å². The molecule has 10 heavy (non-hydrogen) atoms. The number of thiol groups is 1. The van der Waals surface area contributed by atoms with Crippen molar-refractivity contribution in [2.75, 3.05) is 0 Å². The first kappa shape index (κ1) is 7.08. The molecule has 1 rings (SSSR count). The topological polar surface area (TPSA) is 56.0 Å². The standard InChI is InChI=1S/C6H6N2OS/c7-6(9)4-1-2-8-3-5(4)10/h1-3,10H,(H2,7,9). The number of nitrogens with zero attached hydrogens (tertiary/aromatic N) is 1. The van der Waals surface area contributed by atoms with Gasteiger partial charge in [0.05, 0.1) is 5.56 Å². The van der Waals surface area contributed by atoms with Crippen LogP contribution in [0.5, 0.6) is 0 Å². The van der Waals surface area contributed by atoms with Gasteiger partial charge in [0.1, 0.15) is 0 Å². The van der Waals surface area contributed by atoms with Crippen LogP contribution in [0.15, 0.2) is 23.4 Å². The number of rotatable bonds is 1. The van der Waals surface area contributed by atoms with E-state index in [9.17, 15) is 4.79 Å². The lowest BCUT2D eigenvalue weighted by Crippen LogP contribution is -2.11. The van der Waals surface area contributed by atoms with Gasteiger partial charge in [0, 0.05) is 17.3 Å². The molecule has 1 amide bonds. The lowest BCUT2D eigenvalue weighted by Gasteiger charge is -1.95. The van der Waals surface area contributed by atoms with E-state index >= 15 is 0 Å². The smallest absolute Gasteiger partial charge is 0.249 e. The number of pyridine rings is 1. The van der Waals surface area contributed by atoms with Gasteiger partial charge in [0.25, 0.3) is 0 Å². The Balaban J connectivity index is 3.15. The molecule has 4 heteroatoms. The van der Waals surface area contributed by atoms with Gasteiger partial charge in [-0.25, -0.2) is 0 Å². The van der Waals surface area contributed by atoms with Crippen LogP contribution in [0, 0.1) is 0 Å². The fourth-order valence-electron chi connectivity index (χ4n) is 0.594. The zero-order chi connectivity index (χ0) is 7.56. The Kier molecular flexibility index (Phi) is 1.91. The summed E-state index contributed by atoms with van der Waals surface area (Å²) >= 11 is 3.97. The molecule has 3 nitrogen and oxygen atoms in total. The van der Waals surface area contributed by atoms with Gasteiger partial charge < -0.3 is 5.73 Å². The predicted molar refractivity (Wildman–Crippen MR) is 40.0 cm³/mol. The van der Waals surface area contributed by atoms with Crippen LogP contribution in [0.25, 0.3) is 0 Å². The summed E-state index contributed by atoms with van der Waals surface area (Å²) in [6, 6.07) is 1.53. The minimum absolute atomic E-state index is 0.401. The first-order valence-corrected chi connectivity index (χ1v) is 3.09. The summed E-state index contributed by atoms with van der Waals surface area (Å²) in [4.78, 5) is 14.8. The van der Waals surface area contributed by atoms with Crippen molar-refractivity contribution in [3.05, 3.63) is 24.0 Å². The molecule has 1 aromatic rings. The van der Waals surface area contributed by atoms with Crippen molar-refractivity contribution in [3.63, 3.8) is 0 Å². The summed E-state index contributed by atoms with van der Waals surface area (Å²) in [5.41, 5.74) is 5.40. The minimum atomic E-state index is -0.479. The molecule has 0 spiro atoms. The molecule has 52 valence electrons. The van der Waals surface area contributed by atoms with Crippen LogP contribution >= 0.6 is 12.6 Å². The van der Waals surface area contributed by atoms with E-state index in [2.05, 4.69) is 17.6 Å². The quantitative estimate of drug-likeness (QED) is 0.578. The Morgan fingerprint density at radius 2 is 2.40 bits per heavy atom. The molecular formula is C6H6N2OS. The van der Waals surface area contributed by atoms with E-state index in [0.29, 0.717) is 10.5 Å². The fourth-order valence-corrected chi connectivity index (χ4v) is 0.846. The number of nitrogens with two attached hydrogens (primary N) is 1. The molecule has 0 aromatic carbocycles. The second-order valence-electron chi connectivity index (χ2n) is 1.76. The molecular weight excluding hydrogens is 148 g/mol. The predicted octanol–water partition coefficient (Wildman–Crippen LogP) is 0.469. The van der Waals surface area contributed by atoms with Crippen LogP contribution < -0.4 is 5.73 Å². The summed E-state index contributed by atoms with van der Waals surface area (Å²) in [5.74, 6) is -0.479. The monoisotopic (exact) mass is 154 g/mol. The number of carbonyl (C=O) groups excluding carboxylic acids is 1. The van der Waals surface area contributed by atoms with Crippen molar-refractivity contribution in [1.82, 2.24) is 4.98 Å². The SMILES string of the molecule is NC(=O)c1ccncc1S. The number of hydrogen-bond donors (Lipinski definition) is 2. The van der Waals surface area contributed by atoms with E-state index in [0.717, 1.165) is 0 Å². The van der Waals surface area contributed by atoms with E-state index in [1.807, 2.05) is 0 Å². The summed E-state index contributed by atoms with van der Waals surface area (Å²) < 4.78 is 0. The van der Waals surface area contributed by atoms with Gasteiger partial charge in [-0.2, -0.15) is 0 Å². The normalized spacial score (nSPS) is 9.30. The lowest BCUT2D eigenvalue weighted by molar-refractivity contribution is 0.0997. The Hall–Kier alpha value is -1.03. The van der Waals surface area contributed by atoms with Crippen molar-refractivity contribution in [2.45, 2.75) is 4.90 Å². The Morgan fingerprint density at radius 3 is 2.80 bits per heavy atom. The largest absolute Gasteiger partial charge is 0.366 e. The average Bonchev–Trinajstić information content (AvgIpc) is 1.88. The molecule has 0 aliphatic rings. The van der Waals surface area contributed by atoms with Gasteiger partial charge in [0.15, 0.2) is 0 Å². The number of carbonyl (C=O) groups is 1. The number of aromatic nitrogens is 1. The molecule has 1 heterocycles. The number of amides is 1. The second-order valence-corrected chi connectivity index (χ2v) is 2.24. The maximum Gasteiger partial charge on any atom is 0.249 e. The van der Waals surface area contributed by atoms with Crippen molar-refractivity contribution in [1.29, 1.82) is 0 Å². The zero-order valence-electron chi connectivity index (χ0n) is 5.11. The van der Waals surface area contributed by atoms with E-state index in [1.165, 1.54) is 18.5 Å². The Labute approximate surface area is 63.7 Å². The van der Waals surface area contributed by atoms with Crippen molar-refractivity contribution in [3.8, 4) is 0 Å². The first-order chi connectivity index (χ1) is 4.72. The fraction of sp³-hybridized carbons (Fsp3) is 0. The zero-order valence-corrected chi connectivity index (χ0v) is 6.01. The highest BCUT2D eigenvalue weighted by Crippen LogP contribution is 2.09. The molecule has 1 aromatic heterocycles. The van der Waals surface area contributed by atoms with Gasteiger partial charge in [-0.1, -0.05) is 0 Å². The van der Waals surface area contributed by atoms with Crippen LogP contribution in [0.2, 0.25) is 0 Å². The first-order valence-electron chi connectivity index (χ1n) is 2.64. The van der Waals surface area contributed by atoms with E-state index in [1.54, 1.807) is 0 Å². The van der Waals surface area contributed by atoms with Crippen molar-refractivity contribution in [2.24, 2.45) is 5.73 Å². The third-order valence-electron chi connectivity index (χ3n) is 1.07. The molecule has 0 saturated heterocycles. The molecule has 0 aliphatic heterocycles. The van der Waals surface area contributed by atoms with Crippen LogP contribution in [0.1, 0.15) is 10.4 Å². The maximum absolute atomic E-state index is 10.6. The highest BCUT2D eigenvalue weighted by molar-refractivity contribution is 7.80. The van der Waals surface area contributed by atoms with Crippen LogP contribution in [-0.2, 0) is 0 Å². The maximum atomic E-state index is 10.6. The molecule has 0 saturated carbocycles. The van der Waals surface area contributed by atoms with Crippen molar-refractivity contribution < 1.29 is 4.79 Å². The summed E-state index contributed by atoms with van der Waals surface area (Å²) in [5, 5.41) is 0. The van der Waals surface area contributed by atoms with Crippen LogP contribution in [0.3, 0.4) is 0 Å². The second kappa shape index (κ2) is 2.70. The molecule has 0 radical (unpaired) electrons. The van der Waals surface area contributed by atoms with E-state index in [4.69, 9.17) is 5.73 Å². The van der Waals surface area contributed by atoms with E-state index in [-0.39, 0.29) is 0 Å².